The number of carbonyl (C=O) groups excluding carboxylic acids is 2. The summed E-state index contributed by atoms with van der Waals surface area (Å²) in [6.45, 7) is 2.63. The van der Waals surface area contributed by atoms with E-state index in [1.165, 1.54) is 13.8 Å². The van der Waals surface area contributed by atoms with E-state index in [2.05, 4.69) is 4.74 Å². The van der Waals surface area contributed by atoms with Gasteiger partial charge in [-0.1, -0.05) is 6.07 Å². The zero-order valence-electron chi connectivity index (χ0n) is 10.8. The molecule has 0 fully saturated rings. The first-order chi connectivity index (χ1) is 9.18. The molecule has 110 valence electrons. The minimum absolute atomic E-state index is 0.0582. The van der Waals surface area contributed by atoms with Gasteiger partial charge in [-0.15, -0.1) is 11.6 Å². The average Bonchev–Trinajstić information content (AvgIpc) is 2.36. The Morgan fingerprint density at radius 3 is 2.40 bits per heavy atom. The van der Waals surface area contributed by atoms with Gasteiger partial charge in [0.15, 0.2) is 5.78 Å². The summed E-state index contributed by atoms with van der Waals surface area (Å²) in [4.78, 5) is 22.8. The number of esters is 1. The van der Waals surface area contributed by atoms with Gasteiger partial charge in [-0.3, -0.25) is 4.79 Å². The number of hydrogen-bond acceptors (Lipinski definition) is 3. The Kier molecular flexibility index (Phi) is 5.16. The van der Waals surface area contributed by atoms with Crippen LogP contribution in [-0.2, 0) is 15.7 Å². The summed E-state index contributed by atoms with van der Waals surface area (Å²) in [6, 6.07) is 2.74. The van der Waals surface area contributed by atoms with Crippen molar-refractivity contribution in [1.29, 1.82) is 0 Å². The summed E-state index contributed by atoms with van der Waals surface area (Å²) in [5.41, 5.74) is -1.65. The summed E-state index contributed by atoms with van der Waals surface area (Å²) < 4.78 is 43.1. The Balaban J connectivity index is 3.36. The van der Waals surface area contributed by atoms with Gasteiger partial charge >= 0.3 is 12.1 Å². The van der Waals surface area contributed by atoms with Crippen LogP contribution in [0.2, 0.25) is 0 Å². The third kappa shape index (κ3) is 3.72. The van der Waals surface area contributed by atoms with Crippen LogP contribution in [-0.4, -0.2) is 18.4 Å². The van der Waals surface area contributed by atoms with Gasteiger partial charge in [0, 0.05) is 0 Å². The van der Waals surface area contributed by atoms with Crippen molar-refractivity contribution in [1.82, 2.24) is 0 Å². The number of ketones is 1. The van der Waals surface area contributed by atoms with E-state index in [4.69, 9.17) is 11.6 Å². The maximum atomic E-state index is 12.8. The van der Waals surface area contributed by atoms with Crippen molar-refractivity contribution in [2.45, 2.75) is 25.4 Å². The molecule has 0 heterocycles. The normalized spacial score (nSPS) is 12.9. The highest BCUT2D eigenvalue weighted by molar-refractivity contribution is 6.30. The number of ether oxygens (including phenoxy) is 1. The van der Waals surface area contributed by atoms with Crippen molar-refractivity contribution in [3.63, 3.8) is 0 Å². The maximum absolute atomic E-state index is 12.8. The molecule has 0 saturated heterocycles. The van der Waals surface area contributed by atoms with Crippen LogP contribution in [0.1, 0.15) is 40.7 Å². The minimum Gasteiger partial charge on any atom is -0.462 e. The number of hydrogen-bond donors (Lipinski definition) is 0. The molecule has 0 aliphatic heterocycles. The average molecular weight is 309 g/mol. The first-order valence-electron chi connectivity index (χ1n) is 5.71. The quantitative estimate of drug-likeness (QED) is 0.628. The maximum Gasteiger partial charge on any atom is 0.417 e. The minimum atomic E-state index is -4.70. The van der Waals surface area contributed by atoms with Gasteiger partial charge in [0.1, 0.15) is 5.38 Å². The van der Waals surface area contributed by atoms with Gasteiger partial charge in [-0.2, -0.15) is 13.2 Å². The van der Waals surface area contributed by atoms with Crippen LogP contribution in [0.3, 0.4) is 0 Å². The van der Waals surface area contributed by atoms with Gasteiger partial charge in [-0.05, 0) is 31.5 Å². The molecular weight excluding hydrogens is 297 g/mol. The Morgan fingerprint density at radius 1 is 1.35 bits per heavy atom. The van der Waals surface area contributed by atoms with E-state index in [1.807, 2.05) is 0 Å². The molecule has 0 aromatic heterocycles. The molecule has 7 heteroatoms. The molecule has 1 aromatic rings. The van der Waals surface area contributed by atoms with E-state index in [9.17, 15) is 22.8 Å². The standard InChI is InChI=1S/C13H12ClF3O3/c1-3-20-12(19)9-6-8(11(14)7(2)18)4-5-10(9)13(15,16)17/h4-6,11H,3H2,1-2H3. The third-order valence-electron chi connectivity index (χ3n) is 2.49. The lowest BCUT2D eigenvalue weighted by molar-refractivity contribution is -0.138. The van der Waals surface area contributed by atoms with E-state index < -0.39 is 34.4 Å². The van der Waals surface area contributed by atoms with Gasteiger partial charge in [-0.25, -0.2) is 4.79 Å². The summed E-state index contributed by atoms with van der Waals surface area (Å²) in [7, 11) is 0. The van der Waals surface area contributed by atoms with E-state index >= 15 is 0 Å². The lowest BCUT2D eigenvalue weighted by Crippen LogP contribution is -2.16. The van der Waals surface area contributed by atoms with Crippen molar-refractivity contribution >= 4 is 23.4 Å². The molecule has 3 nitrogen and oxygen atoms in total. The fraction of sp³-hybridized carbons (Fsp3) is 0.385. The number of rotatable bonds is 4. The SMILES string of the molecule is CCOC(=O)c1cc(C(Cl)C(C)=O)ccc1C(F)(F)F. The Morgan fingerprint density at radius 2 is 1.95 bits per heavy atom. The molecular formula is C13H12ClF3O3. The van der Waals surface area contributed by atoms with Crippen molar-refractivity contribution < 1.29 is 27.5 Å². The number of halogens is 4. The number of carbonyl (C=O) groups is 2. The smallest absolute Gasteiger partial charge is 0.417 e. The molecule has 0 saturated carbocycles. The Hall–Kier alpha value is -1.56. The molecule has 0 radical (unpaired) electrons. The van der Waals surface area contributed by atoms with Gasteiger partial charge < -0.3 is 4.74 Å². The lowest BCUT2D eigenvalue weighted by Gasteiger charge is -2.14. The van der Waals surface area contributed by atoms with Crippen LogP contribution in [0.4, 0.5) is 13.2 Å². The summed E-state index contributed by atoms with van der Waals surface area (Å²) >= 11 is 5.78. The predicted octanol–water partition coefficient (Wildman–Crippen LogP) is 3.75. The molecule has 0 aliphatic carbocycles. The molecule has 0 amide bonds. The number of alkyl halides is 4. The van der Waals surface area contributed by atoms with E-state index in [0.29, 0.717) is 0 Å². The first kappa shape index (κ1) is 16.5. The lowest BCUT2D eigenvalue weighted by atomic mass is 10.0. The molecule has 0 N–H and O–H groups in total. The molecule has 1 aromatic carbocycles. The molecule has 1 atom stereocenters. The van der Waals surface area contributed by atoms with Crippen molar-refractivity contribution in [3.8, 4) is 0 Å². The van der Waals surface area contributed by atoms with E-state index in [1.54, 1.807) is 0 Å². The second kappa shape index (κ2) is 6.26. The molecule has 0 bridgehead atoms. The van der Waals surface area contributed by atoms with Crippen molar-refractivity contribution in [3.05, 3.63) is 34.9 Å². The largest absolute Gasteiger partial charge is 0.462 e. The fourth-order valence-electron chi connectivity index (χ4n) is 1.58. The molecule has 1 unspecified atom stereocenters. The van der Waals surface area contributed by atoms with Crippen LogP contribution in [0.25, 0.3) is 0 Å². The van der Waals surface area contributed by atoms with E-state index in [-0.39, 0.29) is 12.2 Å². The predicted molar refractivity (Wildman–Crippen MR) is 66.7 cm³/mol. The highest BCUT2D eigenvalue weighted by Gasteiger charge is 2.36. The Bertz CT molecular complexity index is 526. The van der Waals surface area contributed by atoms with Crippen LogP contribution >= 0.6 is 11.6 Å². The second-order valence-corrected chi connectivity index (χ2v) is 4.43. The van der Waals surface area contributed by atoms with Crippen molar-refractivity contribution in [2.75, 3.05) is 6.61 Å². The monoisotopic (exact) mass is 308 g/mol. The van der Waals surface area contributed by atoms with Crippen LogP contribution < -0.4 is 0 Å². The van der Waals surface area contributed by atoms with E-state index in [0.717, 1.165) is 18.2 Å². The first-order valence-corrected chi connectivity index (χ1v) is 6.15. The third-order valence-corrected chi connectivity index (χ3v) is 3.05. The zero-order valence-corrected chi connectivity index (χ0v) is 11.5. The van der Waals surface area contributed by atoms with Gasteiger partial charge in [0.2, 0.25) is 0 Å². The second-order valence-electron chi connectivity index (χ2n) is 4.00. The molecule has 0 aliphatic rings. The van der Waals surface area contributed by atoms with Crippen LogP contribution in [0, 0.1) is 0 Å². The van der Waals surface area contributed by atoms with Crippen molar-refractivity contribution in [2.24, 2.45) is 0 Å². The number of benzene rings is 1. The molecule has 0 spiro atoms. The summed E-state index contributed by atoms with van der Waals surface area (Å²) in [5.74, 6) is -1.53. The fourth-order valence-corrected chi connectivity index (χ4v) is 1.71. The van der Waals surface area contributed by atoms with Gasteiger partial charge in [0.05, 0.1) is 17.7 Å². The number of Topliss-reactive ketones (excluding diaryl/α,β-unsaturated/α-hetero) is 1. The summed E-state index contributed by atoms with van der Waals surface area (Å²) in [5, 5.41) is -1.11. The molecule has 20 heavy (non-hydrogen) atoms. The van der Waals surface area contributed by atoms with Crippen LogP contribution in [0.15, 0.2) is 18.2 Å². The van der Waals surface area contributed by atoms with Gasteiger partial charge in [0.25, 0.3) is 0 Å². The topological polar surface area (TPSA) is 43.4 Å². The highest BCUT2D eigenvalue weighted by Crippen LogP contribution is 2.34. The summed E-state index contributed by atoms with van der Waals surface area (Å²) in [6.07, 6.45) is -4.70. The molecule has 1 rings (SSSR count). The zero-order chi connectivity index (χ0) is 15.5. The van der Waals surface area contributed by atoms with Crippen LogP contribution in [0.5, 0.6) is 0 Å². The highest BCUT2D eigenvalue weighted by atomic mass is 35.5. The Labute approximate surface area is 118 Å².